The van der Waals surface area contributed by atoms with Crippen LogP contribution in [0.5, 0.6) is 0 Å². The summed E-state index contributed by atoms with van der Waals surface area (Å²) in [5.41, 5.74) is 0.932. The van der Waals surface area contributed by atoms with Crippen LogP contribution in [0.3, 0.4) is 0 Å². The van der Waals surface area contributed by atoms with Crippen molar-refractivity contribution in [3.63, 3.8) is 0 Å². The summed E-state index contributed by atoms with van der Waals surface area (Å²) in [7, 11) is 0. The van der Waals surface area contributed by atoms with E-state index in [9.17, 15) is 9.59 Å². The molecule has 0 bridgehead atoms. The third-order valence-electron chi connectivity index (χ3n) is 3.28. The van der Waals surface area contributed by atoms with Crippen molar-refractivity contribution in [1.82, 2.24) is 4.90 Å². The van der Waals surface area contributed by atoms with Gasteiger partial charge in [-0.05, 0) is 24.6 Å². The molecule has 0 spiro atoms. The molecule has 0 saturated carbocycles. The lowest BCUT2D eigenvalue weighted by Gasteiger charge is -2.28. The van der Waals surface area contributed by atoms with E-state index in [0.29, 0.717) is 23.8 Å². The molecule has 0 N–H and O–H groups in total. The summed E-state index contributed by atoms with van der Waals surface area (Å²) in [6.07, 6.45) is 0.355. The molecule has 1 fully saturated rings. The van der Waals surface area contributed by atoms with Gasteiger partial charge in [0.2, 0.25) is 5.91 Å². The Morgan fingerprint density at radius 3 is 2.81 bits per heavy atom. The zero-order chi connectivity index (χ0) is 15.4. The molecular formula is C15H18ClNO3S. The lowest BCUT2D eigenvalue weighted by atomic mass is 10.1. The molecule has 4 nitrogen and oxygen atoms in total. The van der Waals surface area contributed by atoms with Gasteiger partial charge in [-0.2, -0.15) is 0 Å². The second-order valence-corrected chi connectivity index (χ2v) is 6.21. The molecule has 114 valence electrons. The molecule has 21 heavy (non-hydrogen) atoms. The highest BCUT2D eigenvalue weighted by Crippen LogP contribution is 2.42. The number of ether oxygens (including phenoxy) is 1. The van der Waals surface area contributed by atoms with E-state index in [1.54, 1.807) is 36.6 Å². The van der Waals surface area contributed by atoms with E-state index in [0.717, 1.165) is 5.56 Å². The second-order valence-electron chi connectivity index (χ2n) is 4.66. The number of rotatable bonds is 4. The molecule has 0 aliphatic carbocycles. The van der Waals surface area contributed by atoms with Gasteiger partial charge in [-0.3, -0.25) is 4.79 Å². The third kappa shape index (κ3) is 3.52. The molecule has 0 radical (unpaired) electrons. The number of thioether (sulfide) groups is 1. The van der Waals surface area contributed by atoms with E-state index in [1.807, 2.05) is 18.2 Å². The first-order valence-electron chi connectivity index (χ1n) is 6.93. The van der Waals surface area contributed by atoms with Crippen molar-refractivity contribution in [2.24, 2.45) is 0 Å². The fourth-order valence-corrected chi connectivity index (χ4v) is 3.95. The van der Waals surface area contributed by atoms with Gasteiger partial charge in [0.15, 0.2) is 0 Å². The van der Waals surface area contributed by atoms with E-state index in [-0.39, 0.29) is 17.3 Å². The maximum absolute atomic E-state index is 12.3. The highest BCUT2D eigenvalue weighted by Gasteiger charge is 2.42. The van der Waals surface area contributed by atoms with Crippen LogP contribution in [0.4, 0.5) is 0 Å². The molecule has 0 aromatic heterocycles. The fraction of sp³-hybridized carbons (Fsp3) is 0.467. The number of amides is 1. The van der Waals surface area contributed by atoms with Crippen LogP contribution in [0.15, 0.2) is 24.3 Å². The number of carbonyl (C=O) groups is 2. The van der Waals surface area contributed by atoms with Crippen LogP contribution in [0.1, 0.15) is 31.2 Å². The Labute approximate surface area is 133 Å². The van der Waals surface area contributed by atoms with Gasteiger partial charge in [-0.1, -0.05) is 30.7 Å². The highest BCUT2D eigenvalue weighted by atomic mass is 35.5. The summed E-state index contributed by atoms with van der Waals surface area (Å²) in [5, 5.41) is 0.433. The molecule has 2 unspecified atom stereocenters. The number of hydrogen-bond acceptors (Lipinski definition) is 4. The lowest BCUT2D eigenvalue weighted by molar-refractivity contribution is -0.153. The Kier molecular flexibility index (Phi) is 5.53. The van der Waals surface area contributed by atoms with E-state index in [4.69, 9.17) is 16.3 Å². The number of hydrogen-bond donors (Lipinski definition) is 0. The average Bonchev–Trinajstić information content (AvgIpc) is 2.91. The first kappa shape index (κ1) is 16.2. The molecule has 1 saturated heterocycles. The number of carbonyl (C=O) groups excluding carboxylic acids is 2. The average molecular weight is 328 g/mol. The first-order chi connectivity index (χ1) is 10.1. The lowest BCUT2D eigenvalue weighted by Crippen LogP contribution is -2.43. The van der Waals surface area contributed by atoms with Gasteiger partial charge in [0.05, 0.1) is 6.61 Å². The number of esters is 1. The largest absolute Gasteiger partial charge is 0.464 e. The predicted octanol–water partition coefficient (Wildman–Crippen LogP) is 3.26. The minimum Gasteiger partial charge on any atom is -0.464 e. The van der Waals surface area contributed by atoms with Crippen LogP contribution in [-0.2, 0) is 14.3 Å². The molecule has 6 heteroatoms. The van der Waals surface area contributed by atoms with Crippen molar-refractivity contribution >= 4 is 35.2 Å². The van der Waals surface area contributed by atoms with Gasteiger partial charge in [-0.15, -0.1) is 11.8 Å². The molecular weight excluding hydrogens is 310 g/mol. The van der Waals surface area contributed by atoms with Gasteiger partial charge in [0, 0.05) is 17.2 Å². The van der Waals surface area contributed by atoms with Crippen molar-refractivity contribution in [3.05, 3.63) is 34.9 Å². The Morgan fingerprint density at radius 1 is 1.43 bits per heavy atom. The molecule has 2 rings (SSSR count). The first-order valence-corrected chi connectivity index (χ1v) is 8.36. The number of halogens is 1. The van der Waals surface area contributed by atoms with Crippen LogP contribution < -0.4 is 0 Å². The van der Waals surface area contributed by atoms with Crippen LogP contribution >= 0.6 is 23.4 Å². The summed E-state index contributed by atoms with van der Waals surface area (Å²) < 4.78 is 5.09. The Bertz CT molecular complexity index is 537. The zero-order valence-corrected chi connectivity index (χ0v) is 13.6. The van der Waals surface area contributed by atoms with Crippen molar-refractivity contribution in [1.29, 1.82) is 0 Å². The van der Waals surface area contributed by atoms with E-state index in [2.05, 4.69) is 0 Å². The second kappa shape index (κ2) is 7.18. The minimum atomic E-state index is -0.522. The van der Waals surface area contributed by atoms with Crippen molar-refractivity contribution in [2.75, 3.05) is 12.4 Å². The topological polar surface area (TPSA) is 46.6 Å². The summed E-state index contributed by atoms with van der Waals surface area (Å²) in [6, 6.07) is 6.88. The van der Waals surface area contributed by atoms with Crippen LogP contribution in [0, 0.1) is 0 Å². The summed E-state index contributed by atoms with van der Waals surface area (Å²) in [6.45, 7) is 3.87. The third-order valence-corrected chi connectivity index (χ3v) is 4.84. The fourth-order valence-electron chi connectivity index (χ4n) is 2.33. The Balaban J connectivity index is 2.29. The SMILES string of the molecule is CCOC(=O)C1CSC(c2cccc(Cl)c2)N1C(=O)CC. The van der Waals surface area contributed by atoms with E-state index >= 15 is 0 Å². The Hall–Kier alpha value is -1.20. The maximum Gasteiger partial charge on any atom is 0.329 e. The van der Waals surface area contributed by atoms with E-state index < -0.39 is 6.04 Å². The van der Waals surface area contributed by atoms with Crippen molar-refractivity contribution < 1.29 is 14.3 Å². The number of benzene rings is 1. The van der Waals surface area contributed by atoms with Crippen LogP contribution in [-0.4, -0.2) is 35.2 Å². The van der Waals surface area contributed by atoms with Gasteiger partial charge in [-0.25, -0.2) is 4.79 Å². The molecule has 1 aliphatic rings. The molecule has 1 aromatic carbocycles. The Morgan fingerprint density at radius 2 is 2.19 bits per heavy atom. The van der Waals surface area contributed by atoms with Crippen LogP contribution in [0.25, 0.3) is 0 Å². The molecule has 1 amide bonds. The minimum absolute atomic E-state index is 0.0528. The van der Waals surface area contributed by atoms with Crippen LogP contribution in [0.2, 0.25) is 5.02 Å². The summed E-state index contributed by atoms with van der Waals surface area (Å²) >= 11 is 7.59. The van der Waals surface area contributed by atoms with Gasteiger partial charge >= 0.3 is 5.97 Å². The number of nitrogens with zero attached hydrogens (tertiary/aromatic N) is 1. The van der Waals surface area contributed by atoms with Gasteiger partial charge in [0.25, 0.3) is 0 Å². The van der Waals surface area contributed by atoms with E-state index in [1.165, 1.54) is 0 Å². The molecule has 1 aromatic rings. The highest BCUT2D eigenvalue weighted by molar-refractivity contribution is 7.99. The van der Waals surface area contributed by atoms with Crippen molar-refractivity contribution in [3.8, 4) is 0 Å². The standard InChI is InChI=1S/C15H18ClNO3S/c1-3-13(18)17-12(15(19)20-4-2)9-21-14(17)10-6-5-7-11(16)8-10/h5-8,12,14H,3-4,9H2,1-2H3. The molecule has 1 aliphatic heterocycles. The molecule has 2 atom stereocenters. The summed E-state index contributed by atoms with van der Waals surface area (Å²) in [5.74, 6) is 0.154. The van der Waals surface area contributed by atoms with Crippen molar-refractivity contribution in [2.45, 2.75) is 31.7 Å². The van der Waals surface area contributed by atoms with Gasteiger partial charge in [0.1, 0.15) is 11.4 Å². The smallest absolute Gasteiger partial charge is 0.329 e. The quantitative estimate of drug-likeness (QED) is 0.796. The predicted molar refractivity (Wildman–Crippen MR) is 84.2 cm³/mol. The molecule has 1 heterocycles. The monoisotopic (exact) mass is 327 g/mol. The zero-order valence-electron chi connectivity index (χ0n) is 12.0. The maximum atomic E-state index is 12.3. The van der Waals surface area contributed by atoms with Gasteiger partial charge < -0.3 is 9.64 Å². The summed E-state index contributed by atoms with van der Waals surface area (Å²) in [4.78, 5) is 26.0. The normalized spacial score (nSPS) is 21.4.